The van der Waals surface area contributed by atoms with Crippen LogP contribution in [0.3, 0.4) is 0 Å². The Labute approximate surface area is 77.2 Å². The highest BCUT2D eigenvalue weighted by Crippen LogP contribution is 2.16. The molecule has 1 atom stereocenters. The first kappa shape index (κ1) is 9.86. The Hall–Kier alpha value is -0.220. The van der Waals surface area contributed by atoms with Crippen molar-refractivity contribution in [3.05, 3.63) is 0 Å². The van der Waals surface area contributed by atoms with Crippen LogP contribution < -0.4 is 4.99 Å². The third-order valence-electron chi connectivity index (χ3n) is 1.86. The van der Waals surface area contributed by atoms with E-state index in [1.54, 1.807) is 18.8 Å². The zero-order valence-electron chi connectivity index (χ0n) is 7.38. The molecule has 0 bridgehead atoms. The molecule has 1 aliphatic rings. The fourth-order valence-corrected chi connectivity index (χ4v) is 2.12. The number of thioether (sulfide) groups is 1. The quantitative estimate of drug-likeness (QED) is 0.467. The summed E-state index contributed by atoms with van der Waals surface area (Å²) in [6, 6.07) is 0. The summed E-state index contributed by atoms with van der Waals surface area (Å²) < 4.78 is 5.44. The van der Waals surface area contributed by atoms with E-state index in [0.29, 0.717) is 17.8 Å². The van der Waals surface area contributed by atoms with E-state index in [1.807, 2.05) is 0 Å². The van der Waals surface area contributed by atoms with Crippen LogP contribution in [0.5, 0.6) is 0 Å². The summed E-state index contributed by atoms with van der Waals surface area (Å²) in [7, 11) is 1.72. The molecule has 1 aliphatic heterocycles. The van der Waals surface area contributed by atoms with Gasteiger partial charge in [-0.05, 0) is 12.8 Å². The summed E-state index contributed by atoms with van der Waals surface area (Å²) in [5, 5.41) is 9.08. The number of rotatable bonds is 4. The largest absolute Gasteiger partial charge is 0.463 e. The van der Waals surface area contributed by atoms with Crippen LogP contribution in [0.2, 0.25) is 0 Å². The predicted octanol–water partition coefficient (Wildman–Crippen LogP) is -0.434. The molecular formula is C8H16NO2S+. The van der Waals surface area contributed by atoms with Crippen molar-refractivity contribution in [2.45, 2.75) is 18.9 Å². The number of ether oxygens (including phenoxy) is 1. The first-order valence-corrected chi connectivity index (χ1v) is 5.40. The van der Waals surface area contributed by atoms with Crippen LogP contribution in [0.1, 0.15) is 12.8 Å². The van der Waals surface area contributed by atoms with Crippen molar-refractivity contribution in [1.29, 1.82) is 0 Å². The van der Waals surface area contributed by atoms with Gasteiger partial charge in [0, 0.05) is 12.4 Å². The number of nitrogens with one attached hydrogen (secondary N) is 1. The van der Waals surface area contributed by atoms with E-state index in [0.717, 1.165) is 12.4 Å². The van der Waals surface area contributed by atoms with Crippen molar-refractivity contribution in [2.75, 3.05) is 25.2 Å². The number of hydrogen-bond acceptors (Lipinski definition) is 2. The van der Waals surface area contributed by atoms with E-state index in [9.17, 15) is 0 Å². The Bertz CT molecular complexity index is 155. The maximum atomic E-state index is 9.08. The van der Waals surface area contributed by atoms with Gasteiger partial charge in [0.15, 0.2) is 0 Å². The van der Waals surface area contributed by atoms with Crippen LogP contribution in [-0.2, 0) is 4.74 Å². The molecule has 4 heteroatoms. The zero-order valence-corrected chi connectivity index (χ0v) is 8.19. The van der Waals surface area contributed by atoms with Gasteiger partial charge in [0.1, 0.15) is 12.8 Å². The van der Waals surface area contributed by atoms with Crippen molar-refractivity contribution in [3.63, 3.8) is 0 Å². The molecule has 12 heavy (non-hydrogen) atoms. The fraction of sp³-hybridized carbons (Fsp3) is 0.875. The van der Waals surface area contributed by atoms with Crippen molar-refractivity contribution >= 4 is 17.7 Å². The predicted molar refractivity (Wildman–Crippen MR) is 50.8 cm³/mol. The zero-order chi connectivity index (χ0) is 8.81. The van der Waals surface area contributed by atoms with E-state index >= 15 is 0 Å². The summed E-state index contributed by atoms with van der Waals surface area (Å²) in [6.07, 6.45) is 2.78. The maximum absolute atomic E-state index is 9.08. The van der Waals surface area contributed by atoms with Gasteiger partial charge in [-0.2, -0.15) is 0 Å². The molecule has 0 aromatic heterocycles. The highest BCUT2D eigenvalue weighted by molar-refractivity contribution is 7.99. The smallest absolute Gasteiger partial charge is 0.342 e. The first-order valence-electron chi connectivity index (χ1n) is 4.25. The second-order valence-electron chi connectivity index (χ2n) is 2.85. The monoisotopic (exact) mass is 190 g/mol. The lowest BCUT2D eigenvalue weighted by Gasteiger charge is -2.06. The molecule has 1 saturated heterocycles. The summed E-state index contributed by atoms with van der Waals surface area (Å²) in [5.41, 5.74) is 0. The molecule has 1 fully saturated rings. The Morgan fingerprint density at radius 2 is 2.58 bits per heavy atom. The van der Waals surface area contributed by atoms with Crippen molar-refractivity contribution in [3.8, 4) is 0 Å². The lowest BCUT2D eigenvalue weighted by Crippen LogP contribution is -2.68. The number of hydrogen-bond donors (Lipinski definition) is 2. The molecule has 3 nitrogen and oxygen atoms in total. The summed E-state index contributed by atoms with van der Waals surface area (Å²) in [5.74, 6) is 2.00. The minimum absolute atomic E-state index is 0.345. The molecule has 1 heterocycles. The van der Waals surface area contributed by atoms with Gasteiger partial charge in [-0.1, -0.05) is 0 Å². The lowest BCUT2D eigenvalue weighted by molar-refractivity contribution is -0.430. The van der Waals surface area contributed by atoms with E-state index in [1.165, 1.54) is 12.8 Å². The SMILES string of the molecule is C[NH+]=C(O)CSCC1CCCO1. The first-order chi connectivity index (χ1) is 5.83. The van der Waals surface area contributed by atoms with Gasteiger partial charge in [-0.15, -0.1) is 11.8 Å². The standard InChI is InChI=1S/C8H15NO2S/c1-9-8(10)6-12-5-7-3-2-4-11-7/h7H,2-6H2,1H3,(H,9,10)/p+1. The molecule has 0 aromatic carbocycles. The molecule has 0 radical (unpaired) electrons. The molecular weight excluding hydrogens is 174 g/mol. The van der Waals surface area contributed by atoms with Gasteiger partial charge in [-0.25, -0.2) is 4.99 Å². The second kappa shape index (κ2) is 5.43. The molecule has 0 aromatic rings. The third-order valence-corrected chi connectivity index (χ3v) is 2.94. The number of aliphatic hydroxyl groups excluding tert-OH is 1. The van der Waals surface area contributed by atoms with Crippen LogP contribution in [0.25, 0.3) is 0 Å². The molecule has 2 N–H and O–H groups in total. The number of aliphatic hydroxyl groups is 1. The minimum atomic E-state index is 0.345. The Morgan fingerprint density at radius 3 is 3.17 bits per heavy atom. The highest BCUT2D eigenvalue weighted by Gasteiger charge is 2.15. The Morgan fingerprint density at radius 1 is 1.75 bits per heavy atom. The van der Waals surface area contributed by atoms with E-state index in [4.69, 9.17) is 9.84 Å². The van der Waals surface area contributed by atoms with E-state index in [2.05, 4.69) is 4.99 Å². The molecule has 0 saturated carbocycles. The molecule has 1 rings (SSSR count). The summed E-state index contributed by atoms with van der Waals surface area (Å²) in [4.78, 5) is 2.70. The van der Waals surface area contributed by atoms with Gasteiger partial charge in [0.2, 0.25) is 0 Å². The van der Waals surface area contributed by atoms with Crippen molar-refractivity contribution < 1.29 is 14.8 Å². The second-order valence-corrected chi connectivity index (χ2v) is 3.88. The summed E-state index contributed by atoms with van der Waals surface area (Å²) >= 11 is 1.71. The van der Waals surface area contributed by atoms with Gasteiger partial charge in [0.05, 0.1) is 6.10 Å². The third kappa shape index (κ3) is 3.45. The minimum Gasteiger partial charge on any atom is -0.463 e. The fourth-order valence-electron chi connectivity index (χ4n) is 1.13. The van der Waals surface area contributed by atoms with Gasteiger partial charge in [-0.3, -0.25) is 0 Å². The normalized spacial score (nSPS) is 24.8. The topological polar surface area (TPSA) is 43.4 Å². The van der Waals surface area contributed by atoms with Crippen LogP contribution in [0.15, 0.2) is 0 Å². The van der Waals surface area contributed by atoms with Gasteiger partial charge < -0.3 is 9.84 Å². The van der Waals surface area contributed by atoms with Crippen LogP contribution in [0.4, 0.5) is 0 Å². The Balaban J connectivity index is 2.01. The Kier molecular flexibility index (Phi) is 4.46. The van der Waals surface area contributed by atoms with Crippen molar-refractivity contribution in [2.24, 2.45) is 0 Å². The average molecular weight is 190 g/mol. The summed E-state index contributed by atoms with van der Waals surface area (Å²) in [6.45, 7) is 0.910. The maximum Gasteiger partial charge on any atom is 0.342 e. The van der Waals surface area contributed by atoms with Crippen molar-refractivity contribution in [1.82, 2.24) is 0 Å². The van der Waals surface area contributed by atoms with Crippen LogP contribution in [0, 0.1) is 0 Å². The average Bonchev–Trinajstić information content (AvgIpc) is 2.57. The van der Waals surface area contributed by atoms with E-state index < -0.39 is 0 Å². The molecule has 0 amide bonds. The highest BCUT2D eigenvalue weighted by atomic mass is 32.2. The van der Waals surface area contributed by atoms with Crippen LogP contribution >= 0.6 is 11.8 Å². The molecule has 70 valence electrons. The van der Waals surface area contributed by atoms with E-state index in [-0.39, 0.29) is 0 Å². The van der Waals surface area contributed by atoms with Gasteiger partial charge >= 0.3 is 5.90 Å². The van der Waals surface area contributed by atoms with Gasteiger partial charge in [0.25, 0.3) is 0 Å². The molecule has 1 unspecified atom stereocenters. The van der Waals surface area contributed by atoms with Crippen LogP contribution in [-0.4, -0.2) is 42.3 Å². The molecule has 0 spiro atoms. The molecule has 0 aliphatic carbocycles. The lowest BCUT2D eigenvalue weighted by atomic mass is 10.3.